The van der Waals surface area contributed by atoms with Crippen molar-refractivity contribution in [2.24, 2.45) is 10.7 Å². The van der Waals surface area contributed by atoms with Gasteiger partial charge in [-0.1, -0.05) is 42.5 Å². The van der Waals surface area contributed by atoms with Gasteiger partial charge in [0.25, 0.3) is 0 Å². The van der Waals surface area contributed by atoms with Gasteiger partial charge in [-0.05, 0) is 53.3 Å². The van der Waals surface area contributed by atoms with Crippen LogP contribution in [0.4, 0.5) is 0 Å². The number of hydrogen-bond donors (Lipinski definition) is 1. The zero-order valence-corrected chi connectivity index (χ0v) is 13.3. The third kappa shape index (κ3) is 2.57. The lowest BCUT2D eigenvalue weighted by Crippen LogP contribution is -2.37. The van der Waals surface area contributed by atoms with E-state index in [0.717, 1.165) is 12.0 Å². The van der Waals surface area contributed by atoms with Gasteiger partial charge in [0.1, 0.15) is 18.0 Å². The number of allylic oxidation sites excluding steroid dienone is 1. The van der Waals surface area contributed by atoms with Gasteiger partial charge in [0.2, 0.25) is 0 Å². The Hall–Kier alpha value is -2.39. The molecular formula is C20H20N2O. The maximum atomic E-state index is 5.88. The molecule has 1 heterocycles. The third-order valence-electron chi connectivity index (χ3n) is 4.62. The van der Waals surface area contributed by atoms with Crippen LogP contribution < -0.4 is 5.73 Å². The second-order valence-corrected chi connectivity index (χ2v) is 6.47. The van der Waals surface area contributed by atoms with E-state index in [-0.39, 0.29) is 0 Å². The molecule has 1 atom stereocenters. The fourth-order valence-electron chi connectivity index (χ4n) is 3.35. The molecule has 3 nitrogen and oxygen atoms in total. The van der Waals surface area contributed by atoms with Gasteiger partial charge in [-0.3, -0.25) is 4.99 Å². The van der Waals surface area contributed by atoms with E-state index in [1.165, 1.54) is 22.3 Å². The van der Waals surface area contributed by atoms with Crippen molar-refractivity contribution < 1.29 is 4.74 Å². The molecule has 1 unspecified atom stereocenters. The molecule has 23 heavy (non-hydrogen) atoms. The number of nitrogens with zero attached hydrogens (tertiary/aromatic N) is 1. The van der Waals surface area contributed by atoms with E-state index in [2.05, 4.69) is 66.5 Å². The third-order valence-corrected chi connectivity index (χ3v) is 4.62. The average molecular weight is 304 g/mol. The van der Waals surface area contributed by atoms with E-state index in [9.17, 15) is 0 Å². The van der Waals surface area contributed by atoms with Gasteiger partial charge in [0, 0.05) is 0 Å². The Balaban J connectivity index is 1.75. The van der Waals surface area contributed by atoms with Crippen molar-refractivity contribution in [3.8, 4) is 11.1 Å². The molecule has 1 aliphatic carbocycles. The molecule has 0 spiro atoms. The fraction of sp³-hybridized carbons (Fsp3) is 0.250. The first-order chi connectivity index (χ1) is 11.1. The van der Waals surface area contributed by atoms with Crippen LogP contribution in [0.2, 0.25) is 0 Å². The summed E-state index contributed by atoms with van der Waals surface area (Å²) < 4.78 is 5.59. The number of amidine groups is 1. The number of rotatable bonds is 2. The van der Waals surface area contributed by atoms with Crippen LogP contribution in [0.1, 0.15) is 23.6 Å². The Morgan fingerprint density at radius 1 is 1.13 bits per heavy atom. The molecule has 3 heteroatoms. The Kier molecular flexibility index (Phi) is 3.31. The van der Waals surface area contributed by atoms with Crippen molar-refractivity contribution in [1.29, 1.82) is 0 Å². The highest BCUT2D eigenvalue weighted by atomic mass is 16.5. The Morgan fingerprint density at radius 3 is 2.87 bits per heavy atom. The van der Waals surface area contributed by atoms with Crippen molar-refractivity contribution in [1.82, 2.24) is 0 Å². The summed E-state index contributed by atoms with van der Waals surface area (Å²) in [6.45, 7) is 3.06. The molecule has 116 valence electrons. The number of aliphatic imine (C=N–C) groups is 1. The van der Waals surface area contributed by atoms with E-state index in [4.69, 9.17) is 10.5 Å². The summed E-state index contributed by atoms with van der Waals surface area (Å²) in [5.74, 6) is 0.562. The Morgan fingerprint density at radius 2 is 2.00 bits per heavy atom. The summed E-state index contributed by atoms with van der Waals surface area (Å²) in [6, 6.07) is 15.2. The summed E-state index contributed by atoms with van der Waals surface area (Å²) in [4.78, 5) is 4.64. The maximum Gasteiger partial charge on any atom is 0.121 e. The molecule has 4 rings (SSSR count). The summed E-state index contributed by atoms with van der Waals surface area (Å²) in [6.07, 6.45) is 5.45. The summed E-state index contributed by atoms with van der Waals surface area (Å²) in [5.41, 5.74) is 11.8. The van der Waals surface area contributed by atoms with E-state index in [1.807, 2.05) is 0 Å². The molecule has 2 aromatic rings. The molecule has 0 fully saturated rings. The monoisotopic (exact) mass is 304 g/mol. The number of nitrogens with two attached hydrogens (primary N) is 1. The predicted octanol–water partition coefficient (Wildman–Crippen LogP) is 3.53. The smallest absolute Gasteiger partial charge is 0.121 e. The van der Waals surface area contributed by atoms with Crippen LogP contribution in [0, 0.1) is 0 Å². The van der Waals surface area contributed by atoms with Crippen molar-refractivity contribution in [3.63, 3.8) is 0 Å². The largest absolute Gasteiger partial charge is 0.386 e. The summed E-state index contributed by atoms with van der Waals surface area (Å²) in [5, 5.41) is 0. The average Bonchev–Trinajstić information content (AvgIpc) is 3.02. The van der Waals surface area contributed by atoms with Crippen LogP contribution in [-0.2, 0) is 16.7 Å². The van der Waals surface area contributed by atoms with Gasteiger partial charge in [-0.15, -0.1) is 0 Å². The number of hydrogen-bond acceptors (Lipinski definition) is 3. The van der Waals surface area contributed by atoms with Gasteiger partial charge in [0.05, 0.1) is 6.61 Å². The predicted molar refractivity (Wildman–Crippen MR) is 94.4 cm³/mol. The zero-order chi connectivity index (χ0) is 15.9. The normalized spacial score (nSPS) is 22.7. The standard InChI is InChI=1S/C20H20N2O/c1-20(13-23-12-19(21)22-20)18-7-3-6-16(11-18)17-9-8-14-4-2-5-15(14)10-17/h2-3,5-11H,4,12-13H2,1H3,(H2,21,22). The summed E-state index contributed by atoms with van der Waals surface area (Å²) >= 11 is 0. The van der Waals surface area contributed by atoms with Crippen LogP contribution in [-0.4, -0.2) is 19.0 Å². The number of ether oxygens (including phenoxy) is 1. The van der Waals surface area contributed by atoms with E-state index in [1.54, 1.807) is 0 Å². The highest BCUT2D eigenvalue weighted by Crippen LogP contribution is 2.32. The van der Waals surface area contributed by atoms with Crippen molar-refractivity contribution in [2.45, 2.75) is 18.9 Å². The molecule has 1 aliphatic heterocycles. The van der Waals surface area contributed by atoms with E-state index < -0.39 is 5.54 Å². The molecular weight excluding hydrogens is 284 g/mol. The van der Waals surface area contributed by atoms with Gasteiger partial charge < -0.3 is 10.5 Å². The molecule has 0 aromatic heterocycles. The second kappa shape index (κ2) is 5.36. The molecule has 0 saturated carbocycles. The molecule has 2 N–H and O–H groups in total. The zero-order valence-electron chi connectivity index (χ0n) is 13.3. The first kappa shape index (κ1) is 14.2. The lowest BCUT2D eigenvalue weighted by Gasteiger charge is -2.30. The fourth-order valence-corrected chi connectivity index (χ4v) is 3.35. The van der Waals surface area contributed by atoms with Crippen LogP contribution in [0.15, 0.2) is 53.5 Å². The van der Waals surface area contributed by atoms with Crippen LogP contribution >= 0.6 is 0 Å². The molecule has 2 aromatic carbocycles. The van der Waals surface area contributed by atoms with Crippen LogP contribution in [0.5, 0.6) is 0 Å². The van der Waals surface area contributed by atoms with Gasteiger partial charge in [-0.25, -0.2) is 0 Å². The topological polar surface area (TPSA) is 47.6 Å². The number of fused-ring (bicyclic) bond motifs is 1. The summed E-state index contributed by atoms with van der Waals surface area (Å²) in [7, 11) is 0. The van der Waals surface area contributed by atoms with Crippen molar-refractivity contribution in [3.05, 3.63) is 65.2 Å². The minimum absolute atomic E-state index is 0.408. The first-order valence-corrected chi connectivity index (χ1v) is 7.96. The minimum atomic E-state index is -0.408. The van der Waals surface area contributed by atoms with Crippen molar-refractivity contribution in [2.75, 3.05) is 13.2 Å². The lowest BCUT2D eigenvalue weighted by atomic mass is 9.89. The Labute approximate surface area is 136 Å². The van der Waals surface area contributed by atoms with Gasteiger partial charge in [-0.2, -0.15) is 0 Å². The molecule has 0 bridgehead atoms. The molecule has 0 amide bonds. The molecule has 0 saturated heterocycles. The minimum Gasteiger partial charge on any atom is -0.386 e. The highest BCUT2D eigenvalue weighted by molar-refractivity contribution is 5.82. The van der Waals surface area contributed by atoms with Crippen molar-refractivity contribution >= 4 is 11.9 Å². The first-order valence-electron chi connectivity index (χ1n) is 7.96. The number of benzene rings is 2. The molecule has 0 radical (unpaired) electrons. The van der Waals surface area contributed by atoms with Gasteiger partial charge in [0.15, 0.2) is 0 Å². The second-order valence-electron chi connectivity index (χ2n) is 6.47. The van der Waals surface area contributed by atoms with Gasteiger partial charge >= 0.3 is 0 Å². The highest BCUT2D eigenvalue weighted by Gasteiger charge is 2.30. The van der Waals surface area contributed by atoms with E-state index in [0.29, 0.717) is 19.0 Å². The van der Waals surface area contributed by atoms with Crippen LogP contribution in [0.25, 0.3) is 17.2 Å². The van der Waals surface area contributed by atoms with Crippen LogP contribution in [0.3, 0.4) is 0 Å². The lowest BCUT2D eigenvalue weighted by molar-refractivity contribution is 0.106. The Bertz CT molecular complexity index is 822. The van der Waals surface area contributed by atoms with E-state index >= 15 is 0 Å². The maximum absolute atomic E-state index is 5.88. The quantitative estimate of drug-likeness (QED) is 0.922. The molecule has 2 aliphatic rings. The SMILES string of the molecule is CC1(c2cccc(-c3ccc4c(c3)C=CC4)c2)COCC(N)=N1.